The maximum atomic E-state index is 12.6. The molecule has 0 aromatic heterocycles. The van der Waals surface area contributed by atoms with Crippen molar-refractivity contribution in [3.05, 3.63) is 12.2 Å². The number of nitrogens with two attached hydrogens (primary N) is 1. The molecule has 56 heavy (non-hydrogen) atoms. The van der Waals surface area contributed by atoms with Crippen molar-refractivity contribution in [1.82, 2.24) is 0 Å². The zero-order valence-corrected chi connectivity index (χ0v) is 37.5. The number of ether oxygens (including phenoxy) is 2. The first kappa shape index (κ1) is 54.8. The van der Waals surface area contributed by atoms with Crippen LogP contribution in [0, 0.1) is 0 Å². The molecule has 0 radical (unpaired) electrons. The van der Waals surface area contributed by atoms with E-state index in [1.165, 1.54) is 161 Å². The van der Waals surface area contributed by atoms with Gasteiger partial charge in [-0.25, -0.2) is 4.57 Å². The highest BCUT2D eigenvalue weighted by atomic mass is 31.2. The van der Waals surface area contributed by atoms with Crippen molar-refractivity contribution >= 4 is 19.8 Å². The molecule has 2 atom stereocenters. The van der Waals surface area contributed by atoms with Crippen molar-refractivity contribution in [3.63, 3.8) is 0 Å². The van der Waals surface area contributed by atoms with Gasteiger partial charge >= 0.3 is 19.8 Å². The number of unbranched alkanes of at least 4 members (excludes halogenated alkanes) is 30. The van der Waals surface area contributed by atoms with Gasteiger partial charge in [0.05, 0.1) is 13.2 Å². The van der Waals surface area contributed by atoms with Crippen molar-refractivity contribution in [3.8, 4) is 0 Å². The minimum absolute atomic E-state index is 0.0540. The van der Waals surface area contributed by atoms with Gasteiger partial charge in [0.2, 0.25) is 0 Å². The van der Waals surface area contributed by atoms with Crippen LogP contribution in [0.15, 0.2) is 12.2 Å². The molecule has 332 valence electrons. The molecule has 10 heteroatoms. The smallest absolute Gasteiger partial charge is 0.462 e. The van der Waals surface area contributed by atoms with E-state index < -0.39 is 26.5 Å². The van der Waals surface area contributed by atoms with Crippen molar-refractivity contribution in [2.75, 3.05) is 26.4 Å². The SMILES string of the molecule is CCCCCCCC/C=C/CCCCCC(=O)O[C@H](COC(=O)CCCCCCCCCCCCCCCCCCCCCCCC)COP(=O)(O)OCCN. The topological polar surface area (TPSA) is 134 Å². The molecule has 3 N–H and O–H groups in total. The molecular weight excluding hydrogens is 725 g/mol. The lowest BCUT2D eigenvalue weighted by atomic mass is 10.0. The number of carbonyl (C=O) groups excluding carboxylic acids is 2. The molecule has 0 aliphatic heterocycles. The second-order valence-electron chi connectivity index (χ2n) is 16.0. The zero-order chi connectivity index (χ0) is 41.1. The molecule has 0 spiro atoms. The number of phosphoric ester groups is 1. The first-order valence-electron chi connectivity index (χ1n) is 23.7. The second kappa shape index (κ2) is 43.3. The molecule has 0 rings (SSSR count). The normalized spacial score (nSPS) is 13.3. The van der Waals surface area contributed by atoms with Crippen molar-refractivity contribution < 1.29 is 37.6 Å². The number of rotatable bonds is 45. The lowest BCUT2D eigenvalue weighted by molar-refractivity contribution is -0.161. The maximum absolute atomic E-state index is 12.6. The van der Waals surface area contributed by atoms with Gasteiger partial charge in [0.25, 0.3) is 0 Å². The molecule has 0 saturated carbocycles. The van der Waals surface area contributed by atoms with Gasteiger partial charge in [-0.2, -0.15) is 0 Å². The van der Waals surface area contributed by atoms with Crippen LogP contribution in [0.3, 0.4) is 0 Å². The van der Waals surface area contributed by atoms with Crippen LogP contribution in [0.4, 0.5) is 0 Å². The second-order valence-corrected chi connectivity index (χ2v) is 17.4. The number of hydrogen-bond donors (Lipinski definition) is 2. The summed E-state index contributed by atoms with van der Waals surface area (Å²) in [4.78, 5) is 34.9. The maximum Gasteiger partial charge on any atom is 0.472 e. The van der Waals surface area contributed by atoms with E-state index in [1.54, 1.807) is 0 Å². The number of hydrogen-bond acceptors (Lipinski definition) is 8. The van der Waals surface area contributed by atoms with E-state index in [2.05, 4.69) is 26.0 Å². The van der Waals surface area contributed by atoms with E-state index in [0.717, 1.165) is 44.9 Å². The lowest BCUT2D eigenvalue weighted by Gasteiger charge is -2.19. The van der Waals surface area contributed by atoms with Crippen LogP contribution in [0.25, 0.3) is 0 Å². The van der Waals surface area contributed by atoms with Crippen LogP contribution in [-0.4, -0.2) is 49.3 Å². The van der Waals surface area contributed by atoms with Gasteiger partial charge < -0.3 is 20.1 Å². The van der Waals surface area contributed by atoms with E-state index in [0.29, 0.717) is 6.42 Å². The first-order valence-corrected chi connectivity index (χ1v) is 25.2. The van der Waals surface area contributed by atoms with Crippen LogP contribution in [0.1, 0.15) is 239 Å². The highest BCUT2D eigenvalue weighted by molar-refractivity contribution is 7.47. The van der Waals surface area contributed by atoms with E-state index >= 15 is 0 Å². The molecule has 0 bridgehead atoms. The Labute approximate surface area is 345 Å². The lowest BCUT2D eigenvalue weighted by Crippen LogP contribution is -2.29. The van der Waals surface area contributed by atoms with Crippen LogP contribution in [0.2, 0.25) is 0 Å². The summed E-state index contributed by atoms with van der Waals surface area (Å²) < 4.78 is 32.8. The average molecular weight is 816 g/mol. The Balaban J connectivity index is 4.01. The fourth-order valence-corrected chi connectivity index (χ4v) is 7.63. The Kier molecular flexibility index (Phi) is 42.4. The highest BCUT2D eigenvalue weighted by Crippen LogP contribution is 2.43. The van der Waals surface area contributed by atoms with Crippen LogP contribution in [-0.2, 0) is 32.7 Å². The van der Waals surface area contributed by atoms with Gasteiger partial charge in [-0.15, -0.1) is 0 Å². The molecule has 0 aliphatic rings. The Morgan fingerprint density at radius 3 is 1.29 bits per heavy atom. The summed E-state index contributed by atoms with van der Waals surface area (Å²) in [5, 5.41) is 0. The molecule has 0 aliphatic carbocycles. The van der Waals surface area contributed by atoms with E-state index in [9.17, 15) is 19.0 Å². The van der Waals surface area contributed by atoms with Gasteiger partial charge in [-0.05, 0) is 38.5 Å². The quantitative estimate of drug-likeness (QED) is 0.0266. The molecule has 1 unspecified atom stereocenters. The Bertz CT molecular complexity index is 933. The summed E-state index contributed by atoms with van der Waals surface area (Å²) in [5.41, 5.74) is 5.35. The van der Waals surface area contributed by atoms with Crippen molar-refractivity contribution in [2.45, 2.75) is 245 Å². The number of esters is 2. The monoisotopic (exact) mass is 816 g/mol. The summed E-state index contributed by atoms with van der Waals surface area (Å²) in [7, 11) is -4.38. The van der Waals surface area contributed by atoms with Gasteiger partial charge in [0, 0.05) is 19.4 Å². The zero-order valence-electron chi connectivity index (χ0n) is 36.6. The van der Waals surface area contributed by atoms with Crippen LogP contribution < -0.4 is 5.73 Å². The third kappa shape index (κ3) is 42.4. The largest absolute Gasteiger partial charge is 0.472 e. The number of phosphoric acid groups is 1. The Hall–Kier alpha value is -1.25. The molecule has 9 nitrogen and oxygen atoms in total. The average Bonchev–Trinajstić information content (AvgIpc) is 3.18. The van der Waals surface area contributed by atoms with Crippen LogP contribution in [0.5, 0.6) is 0 Å². The summed E-state index contributed by atoms with van der Waals surface area (Å²) in [6.45, 7) is 3.74. The van der Waals surface area contributed by atoms with E-state index in [4.69, 9.17) is 24.3 Å². The van der Waals surface area contributed by atoms with Crippen molar-refractivity contribution in [2.24, 2.45) is 5.73 Å². The molecular formula is C46H90NO8P. The van der Waals surface area contributed by atoms with Gasteiger partial charge in [-0.1, -0.05) is 199 Å². The molecule has 0 fully saturated rings. The summed E-state index contributed by atoms with van der Waals surface area (Å²) in [5.74, 6) is -0.834. The first-order chi connectivity index (χ1) is 27.3. The van der Waals surface area contributed by atoms with Gasteiger partial charge in [-0.3, -0.25) is 18.6 Å². The summed E-state index contributed by atoms with van der Waals surface area (Å²) in [6.07, 6.45) is 45.4. The fourth-order valence-electron chi connectivity index (χ4n) is 6.87. The molecule has 0 heterocycles. The molecule has 0 amide bonds. The Morgan fingerprint density at radius 2 is 0.875 bits per heavy atom. The minimum Gasteiger partial charge on any atom is -0.462 e. The van der Waals surface area contributed by atoms with E-state index in [-0.39, 0.29) is 38.6 Å². The van der Waals surface area contributed by atoms with Crippen molar-refractivity contribution in [1.29, 1.82) is 0 Å². The highest BCUT2D eigenvalue weighted by Gasteiger charge is 2.26. The predicted octanol–water partition coefficient (Wildman–Crippen LogP) is 13.8. The molecule has 0 aromatic carbocycles. The number of allylic oxidation sites excluding steroid dienone is 2. The summed E-state index contributed by atoms with van der Waals surface area (Å²) >= 11 is 0. The fraction of sp³-hybridized carbons (Fsp3) is 0.913. The molecule has 0 aromatic rings. The number of carbonyl (C=O) groups is 2. The minimum atomic E-state index is -4.38. The Morgan fingerprint density at radius 1 is 0.518 bits per heavy atom. The predicted molar refractivity (Wildman–Crippen MR) is 234 cm³/mol. The van der Waals surface area contributed by atoms with Crippen LogP contribution >= 0.6 is 7.82 Å². The van der Waals surface area contributed by atoms with Gasteiger partial charge in [0.15, 0.2) is 6.10 Å². The summed E-state index contributed by atoms with van der Waals surface area (Å²) in [6, 6.07) is 0. The van der Waals surface area contributed by atoms with Gasteiger partial charge in [0.1, 0.15) is 6.61 Å². The third-order valence-corrected chi connectivity index (χ3v) is 11.4. The standard InChI is InChI=1S/C46H90NO8P/c1-3-5-7-9-11-13-15-17-18-19-20-21-22-23-24-25-27-28-30-32-34-36-38-45(48)52-42-44(43-54-56(50,51)53-41-40-47)55-46(49)39-37-35-33-31-29-26-16-14-12-10-8-6-4-2/h26,29,44H,3-25,27-28,30-43,47H2,1-2H3,(H,50,51)/b29-26+/t44-/m1/s1. The third-order valence-electron chi connectivity index (χ3n) is 10.4. The van der Waals surface area contributed by atoms with E-state index in [1.807, 2.05) is 0 Å². The molecule has 0 saturated heterocycles.